The highest BCUT2D eigenvalue weighted by atomic mass is 16.5. The first-order chi connectivity index (χ1) is 8.53. The summed E-state index contributed by atoms with van der Waals surface area (Å²) in [7, 11) is 0. The molecule has 7 nitrogen and oxygen atoms in total. The summed E-state index contributed by atoms with van der Waals surface area (Å²) >= 11 is 0. The molecule has 18 heavy (non-hydrogen) atoms. The van der Waals surface area contributed by atoms with Crippen molar-refractivity contribution in [1.29, 1.82) is 0 Å². The maximum absolute atomic E-state index is 11.3. The largest absolute Gasteiger partial charge is 0.479 e. The van der Waals surface area contributed by atoms with Crippen LogP contribution in [0.1, 0.15) is 16.9 Å². The van der Waals surface area contributed by atoms with Gasteiger partial charge in [0.15, 0.2) is 5.54 Å². The number of hydrogen-bond acceptors (Lipinski definition) is 5. The van der Waals surface area contributed by atoms with Crippen molar-refractivity contribution in [3.05, 3.63) is 23.9 Å². The number of nitrogens with two attached hydrogens (primary N) is 1. The van der Waals surface area contributed by atoms with Crippen molar-refractivity contribution in [3.63, 3.8) is 0 Å². The molecule has 96 valence electrons. The van der Waals surface area contributed by atoms with E-state index in [4.69, 9.17) is 10.5 Å². The average molecular weight is 251 g/mol. The molecule has 0 aromatic carbocycles. The molecule has 4 N–H and O–H groups in total. The Morgan fingerprint density at radius 3 is 2.83 bits per heavy atom. The maximum atomic E-state index is 11.3. The van der Waals surface area contributed by atoms with Gasteiger partial charge >= 0.3 is 5.97 Å². The first-order valence-corrected chi connectivity index (χ1v) is 5.40. The maximum Gasteiger partial charge on any atom is 0.331 e. The van der Waals surface area contributed by atoms with Crippen LogP contribution in [-0.4, -0.2) is 40.7 Å². The lowest BCUT2D eigenvalue weighted by Crippen LogP contribution is -2.47. The van der Waals surface area contributed by atoms with Gasteiger partial charge in [-0.25, -0.2) is 9.78 Å². The van der Waals surface area contributed by atoms with Crippen LogP contribution in [0.25, 0.3) is 0 Å². The summed E-state index contributed by atoms with van der Waals surface area (Å²) in [4.78, 5) is 26.2. The third-order valence-electron chi connectivity index (χ3n) is 2.80. The summed E-state index contributed by atoms with van der Waals surface area (Å²) in [6.07, 6.45) is 0.338. The second-order valence-corrected chi connectivity index (χ2v) is 4.09. The van der Waals surface area contributed by atoms with Crippen LogP contribution in [-0.2, 0) is 9.53 Å². The standard InChI is InChI=1S/C11H13N3O4/c12-9(15)7-2-1-3-8(13-7)14-11(10(16)17)4-5-18-6-11/h1-3H,4-6H2,(H2,12,15)(H,13,14)(H,16,17). The molecule has 7 heteroatoms. The molecule has 1 aromatic rings. The minimum absolute atomic E-state index is 0.0603. The number of nitrogens with zero attached hydrogens (tertiary/aromatic N) is 1. The van der Waals surface area contributed by atoms with Crippen molar-refractivity contribution in [3.8, 4) is 0 Å². The molecule has 2 rings (SSSR count). The second-order valence-electron chi connectivity index (χ2n) is 4.09. The predicted octanol–water partition coefficient (Wildman–Crippen LogP) is -0.164. The fourth-order valence-corrected chi connectivity index (χ4v) is 1.77. The molecule has 1 aliphatic heterocycles. The minimum atomic E-state index is -1.19. The van der Waals surface area contributed by atoms with E-state index in [-0.39, 0.29) is 12.3 Å². The summed E-state index contributed by atoms with van der Waals surface area (Å²) < 4.78 is 5.11. The van der Waals surface area contributed by atoms with Gasteiger partial charge in [-0.3, -0.25) is 4.79 Å². The predicted molar refractivity (Wildman–Crippen MR) is 62.2 cm³/mol. The van der Waals surface area contributed by atoms with Gasteiger partial charge in [0.2, 0.25) is 0 Å². The summed E-state index contributed by atoms with van der Waals surface area (Å²) in [5, 5.41) is 12.0. The molecule has 2 heterocycles. The summed E-state index contributed by atoms with van der Waals surface area (Å²) in [6, 6.07) is 4.63. The number of ether oxygens (including phenoxy) is 1. The van der Waals surface area contributed by atoms with Crippen LogP contribution in [0, 0.1) is 0 Å². The van der Waals surface area contributed by atoms with Gasteiger partial charge in [-0.15, -0.1) is 0 Å². The van der Waals surface area contributed by atoms with Crippen molar-refractivity contribution >= 4 is 17.7 Å². The zero-order valence-electron chi connectivity index (χ0n) is 9.55. The van der Waals surface area contributed by atoms with Crippen molar-refractivity contribution in [2.45, 2.75) is 12.0 Å². The van der Waals surface area contributed by atoms with E-state index in [0.29, 0.717) is 18.8 Å². The van der Waals surface area contributed by atoms with E-state index in [0.717, 1.165) is 0 Å². The van der Waals surface area contributed by atoms with Gasteiger partial charge in [0, 0.05) is 13.0 Å². The van der Waals surface area contributed by atoms with Gasteiger partial charge in [0.1, 0.15) is 11.5 Å². The number of anilines is 1. The first kappa shape index (κ1) is 12.3. The molecule has 0 saturated carbocycles. The van der Waals surface area contributed by atoms with Crippen LogP contribution in [0.3, 0.4) is 0 Å². The second kappa shape index (κ2) is 4.61. The number of aromatic nitrogens is 1. The number of aliphatic carboxylic acids is 1. The van der Waals surface area contributed by atoms with Crippen LogP contribution in [0.2, 0.25) is 0 Å². The topological polar surface area (TPSA) is 115 Å². The fraction of sp³-hybridized carbons (Fsp3) is 0.364. The number of amides is 1. The summed E-state index contributed by atoms with van der Waals surface area (Å²) in [5.74, 6) is -1.38. The third-order valence-corrected chi connectivity index (χ3v) is 2.80. The Kier molecular flexibility index (Phi) is 3.15. The molecule has 1 amide bonds. The molecule has 1 aliphatic rings. The van der Waals surface area contributed by atoms with E-state index in [1.165, 1.54) is 6.07 Å². The number of rotatable bonds is 4. The van der Waals surface area contributed by atoms with Gasteiger partial charge in [-0.1, -0.05) is 6.07 Å². The van der Waals surface area contributed by atoms with Crippen LogP contribution >= 0.6 is 0 Å². The van der Waals surface area contributed by atoms with Gasteiger partial charge in [0.25, 0.3) is 5.91 Å². The molecule has 0 spiro atoms. The number of nitrogens with one attached hydrogen (secondary N) is 1. The van der Waals surface area contributed by atoms with Crippen LogP contribution in [0.4, 0.5) is 5.82 Å². The number of primary amides is 1. The van der Waals surface area contributed by atoms with Gasteiger partial charge < -0.3 is 20.9 Å². The zero-order valence-corrected chi connectivity index (χ0v) is 9.55. The Labute approximate surface area is 103 Å². The van der Waals surface area contributed by atoms with Gasteiger partial charge in [-0.2, -0.15) is 0 Å². The van der Waals surface area contributed by atoms with Gasteiger partial charge in [0.05, 0.1) is 6.61 Å². The van der Waals surface area contributed by atoms with E-state index in [1.807, 2.05) is 0 Å². The average Bonchev–Trinajstić information content (AvgIpc) is 2.79. The van der Waals surface area contributed by atoms with Gasteiger partial charge in [-0.05, 0) is 12.1 Å². The SMILES string of the molecule is NC(=O)c1cccc(NC2(C(=O)O)CCOC2)n1. The molecular weight excluding hydrogens is 238 g/mol. The van der Waals surface area contributed by atoms with E-state index in [2.05, 4.69) is 10.3 Å². The third kappa shape index (κ3) is 2.25. The van der Waals surface area contributed by atoms with E-state index in [1.54, 1.807) is 12.1 Å². The molecule has 1 fully saturated rings. The Morgan fingerprint density at radius 2 is 2.28 bits per heavy atom. The fourth-order valence-electron chi connectivity index (χ4n) is 1.77. The highest BCUT2D eigenvalue weighted by molar-refractivity contribution is 5.91. The highest BCUT2D eigenvalue weighted by Gasteiger charge is 2.42. The minimum Gasteiger partial charge on any atom is -0.479 e. The summed E-state index contributed by atoms with van der Waals surface area (Å²) in [6.45, 7) is 0.430. The Bertz CT molecular complexity index is 483. The van der Waals surface area contributed by atoms with E-state index in [9.17, 15) is 14.7 Å². The molecule has 1 unspecified atom stereocenters. The normalized spacial score (nSPS) is 22.7. The highest BCUT2D eigenvalue weighted by Crippen LogP contribution is 2.23. The Balaban J connectivity index is 2.24. The molecule has 0 radical (unpaired) electrons. The lowest BCUT2D eigenvalue weighted by atomic mass is 9.99. The lowest BCUT2D eigenvalue weighted by molar-refractivity contribution is -0.142. The van der Waals surface area contributed by atoms with Crippen LogP contribution < -0.4 is 11.1 Å². The molecule has 1 atom stereocenters. The molecular formula is C11H13N3O4. The zero-order chi connectivity index (χ0) is 13.2. The molecule has 1 saturated heterocycles. The van der Waals surface area contributed by atoms with Crippen LogP contribution in [0.15, 0.2) is 18.2 Å². The number of carbonyl (C=O) groups excluding carboxylic acids is 1. The first-order valence-electron chi connectivity index (χ1n) is 5.40. The summed E-state index contributed by atoms with van der Waals surface area (Å²) in [5.41, 5.74) is 4.00. The Morgan fingerprint density at radius 1 is 1.50 bits per heavy atom. The molecule has 0 aliphatic carbocycles. The Hall–Kier alpha value is -2.15. The lowest BCUT2D eigenvalue weighted by Gasteiger charge is -2.24. The monoisotopic (exact) mass is 251 g/mol. The van der Waals surface area contributed by atoms with Crippen LogP contribution in [0.5, 0.6) is 0 Å². The number of carbonyl (C=O) groups is 2. The van der Waals surface area contributed by atoms with E-state index >= 15 is 0 Å². The number of hydrogen-bond donors (Lipinski definition) is 3. The molecule has 0 bridgehead atoms. The van der Waals surface area contributed by atoms with Crippen molar-refractivity contribution in [2.24, 2.45) is 5.73 Å². The number of carboxylic acid groups (broad SMARTS) is 1. The molecule has 1 aromatic heterocycles. The van der Waals surface area contributed by atoms with Crippen molar-refractivity contribution < 1.29 is 19.4 Å². The van der Waals surface area contributed by atoms with Crippen molar-refractivity contribution in [2.75, 3.05) is 18.5 Å². The van der Waals surface area contributed by atoms with E-state index < -0.39 is 17.4 Å². The smallest absolute Gasteiger partial charge is 0.331 e. The number of pyridine rings is 1. The quantitative estimate of drug-likeness (QED) is 0.684. The number of carboxylic acids is 1. The van der Waals surface area contributed by atoms with Crippen molar-refractivity contribution in [1.82, 2.24) is 4.98 Å².